The number of nitrogens with zero attached hydrogens (tertiary/aromatic N) is 5. The van der Waals surface area contributed by atoms with Gasteiger partial charge in [-0.05, 0) is 22.6 Å². The van der Waals surface area contributed by atoms with Crippen LogP contribution in [0.3, 0.4) is 0 Å². The summed E-state index contributed by atoms with van der Waals surface area (Å²) in [7, 11) is 0. The van der Waals surface area contributed by atoms with Gasteiger partial charge in [-0.15, -0.1) is 5.10 Å². The molecule has 28 heavy (non-hydrogen) atoms. The standard InChI is InChI=1S/C18H24N6O4/c25-18(19-11-14-13-27-15-3-1-2-4-16(15)28-14)5-6-24-17(20-21-22-24)12-23-7-9-26-10-8-23/h1-4,14H,5-13H2,(H,19,25). The molecule has 0 bridgehead atoms. The van der Waals surface area contributed by atoms with Crippen LogP contribution in [-0.2, 0) is 22.6 Å². The van der Waals surface area contributed by atoms with Crippen LogP contribution in [0.15, 0.2) is 24.3 Å². The normalized spacial score (nSPS) is 19.4. The molecule has 1 unspecified atom stereocenters. The molecule has 1 aromatic heterocycles. The Morgan fingerprint density at radius 2 is 2.04 bits per heavy atom. The fourth-order valence-corrected chi connectivity index (χ4v) is 3.16. The number of aromatic nitrogens is 4. The van der Waals surface area contributed by atoms with E-state index in [1.807, 2.05) is 24.3 Å². The highest BCUT2D eigenvalue weighted by atomic mass is 16.6. The van der Waals surface area contributed by atoms with Gasteiger partial charge in [0.2, 0.25) is 5.91 Å². The number of tetrazole rings is 1. The Balaban J connectivity index is 1.21. The van der Waals surface area contributed by atoms with E-state index in [1.165, 1.54) is 0 Å². The summed E-state index contributed by atoms with van der Waals surface area (Å²) in [6, 6.07) is 7.52. The molecule has 4 rings (SSSR count). The molecular weight excluding hydrogens is 364 g/mol. The Morgan fingerprint density at radius 1 is 1.21 bits per heavy atom. The molecule has 1 amide bonds. The van der Waals surface area contributed by atoms with Crippen molar-refractivity contribution in [1.82, 2.24) is 30.4 Å². The predicted octanol–water partition coefficient (Wildman–Crippen LogP) is -0.148. The van der Waals surface area contributed by atoms with Crippen molar-refractivity contribution in [2.45, 2.75) is 25.6 Å². The van der Waals surface area contributed by atoms with Crippen molar-refractivity contribution in [3.63, 3.8) is 0 Å². The predicted molar refractivity (Wildman–Crippen MR) is 97.9 cm³/mol. The van der Waals surface area contributed by atoms with Gasteiger partial charge in [0.1, 0.15) is 12.7 Å². The molecule has 3 heterocycles. The molecule has 0 aliphatic carbocycles. The second-order valence-corrected chi connectivity index (χ2v) is 6.76. The third-order valence-corrected chi connectivity index (χ3v) is 4.72. The number of carbonyl (C=O) groups excluding carboxylic acids is 1. The van der Waals surface area contributed by atoms with Crippen LogP contribution < -0.4 is 14.8 Å². The molecule has 0 radical (unpaired) electrons. The molecule has 1 saturated heterocycles. The summed E-state index contributed by atoms with van der Waals surface area (Å²) >= 11 is 0. The van der Waals surface area contributed by atoms with Gasteiger partial charge in [-0.3, -0.25) is 9.69 Å². The number of aryl methyl sites for hydroxylation is 1. The van der Waals surface area contributed by atoms with E-state index < -0.39 is 0 Å². The molecule has 1 aromatic carbocycles. The third-order valence-electron chi connectivity index (χ3n) is 4.72. The maximum absolute atomic E-state index is 12.2. The van der Waals surface area contributed by atoms with E-state index in [2.05, 4.69) is 25.7 Å². The van der Waals surface area contributed by atoms with Gasteiger partial charge in [-0.2, -0.15) is 0 Å². The lowest BCUT2D eigenvalue weighted by molar-refractivity contribution is -0.121. The number of fused-ring (bicyclic) bond motifs is 1. The highest BCUT2D eigenvalue weighted by Crippen LogP contribution is 2.30. The van der Waals surface area contributed by atoms with Crippen LogP contribution in [0, 0.1) is 0 Å². The van der Waals surface area contributed by atoms with Crippen molar-refractivity contribution in [3.8, 4) is 11.5 Å². The van der Waals surface area contributed by atoms with Crippen LogP contribution in [0.2, 0.25) is 0 Å². The van der Waals surface area contributed by atoms with Crippen molar-refractivity contribution in [2.75, 3.05) is 39.5 Å². The monoisotopic (exact) mass is 388 g/mol. The summed E-state index contributed by atoms with van der Waals surface area (Å²) in [5.41, 5.74) is 0. The van der Waals surface area contributed by atoms with E-state index in [0.29, 0.717) is 38.4 Å². The molecule has 10 nitrogen and oxygen atoms in total. The van der Waals surface area contributed by atoms with Crippen LogP contribution in [0.25, 0.3) is 0 Å². The first-order chi connectivity index (χ1) is 13.8. The Labute approximate surface area is 162 Å². The van der Waals surface area contributed by atoms with Crippen molar-refractivity contribution >= 4 is 5.91 Å². The Morgan fingerprint density at radius 3 is 2.89 bits per heavy atom. The van der Waals surface area contributed by atoms with Crippen molar-refractivity contribution in [1.29, 1.82) is 0 Å². The van der Waals surface area contributed by atoms with Crippen LogP contribution in [0.4, 0.5) is 0 Å². The molecule has 0 saturated carbocycles. The first-order valence-corrected chi connectivity index (χ1v) is 9.48. The number of ether oxygens (including phenoxy) is 3. The average Bonchev–Trinajstić information content (AvgIpc) is 3.18. The van der Waals surface area contributed by atoms with E-state index in [9.17, 15) is 4.79 Å². The minimum absolute atomic E-state index is 0.0738. The van der Waals surface area contributed by atoms with Gasteiger partial charge in [0, 0.05) is 19.5 Å². The number of benzene rings is 1. The third kappa shape index (κ3) is 4.76. The van der Waals surface area contributed by atoms with Crippen LogP contribution in [-0.4, -0.2) is 76.6 Å². The maximum atomic E-state index is 12.2. The Hall–Kier alpha value is -2.72. The topological polar surface area (TPSA) is 104 Å². The quantitative estimate of drug-likeness (QED) is 0.699. The van der Waals surface area contributed by atoms with E-state index in [1.54, 1.807) is 4.68 Å². The SMILES string of the molecule is O=C(CCn1nnnc1CN1CCOCC1)NCC1COc2ccccc2O1. The lowest BCUT2D eigenvalue weighted by Crippen LogP contribution is -2.41. The smallest absolute Gasteiger partial charge is 0.221 e. The average molecular weight is 388 g/mol. The number of carbonyl (C=O) groups is 1. The zero-order valence-electron chi connectivity index (χ0n) is 15.6. The van der Waals surface area contributed by atoms with Gasteiger partial charge in [-0.1, -0.05) is 12.1 Å². The molecular formula is C18H24N6O4. The molecule has 1 atom stereocenters. The largest absolute Gasteiger partial charge is 0.486 e. The molecule has 2 aliphatic heterocycles. The minimum Gasteiger partial charge on any atom is -0.486 e. The molecule has 150 valence electrons. The second-order valence-electron chi connectivity index (χ2n) is 6.76. The van der Waals surface area contributed by atoms with E-state index in [4.69, 9.17) is 14.2 Å². The zero-order valence-corrected chi connectivity index (χ0v) is 15.6. The summed E-state index contributed by atoms with van der Waals surface area (Å²) in [4.78, 5) is 14.5. The van der Waals surface area contributed by atoms with Gasteiger partial charge >= 0.3 is 0 Å². The summed E-state index contributed by atoms with van der Waals surface area (Å²) in [5, 5.41) is 14.7. The van der Waals surface area contributed by atoms with Gasteiger partial charge in [0.15, 0.2) is 17.3 Å². The summed E-state index contributed by atoms with van der Waals surface area (Å²) < 4.78 is 18.5. The van der Waals surface area contributed by atoms with Crippen LogP contribution in [0.5, 0.6) is 11.5 Å². The zero-order chi connectivity index (χ0) is 19.2. The molecule has 2 aliphatic rings. The maximum Gasteiger partial charge on any atom is 0.221 e. The van der Waals surface area contributed by atoms with Crippen molar-refractivity contribution in [3.05, 3.63) is 30.1 Å². The number of para-hydroxylation sites is 2. The highest BCUT2D eigenvalue weighted by Gasteiger charge is 2.21. The lowest BCUT2D eigenvalue weighted by Gasteiger charge is -2.26. The van der Waals surface area contributed by atoms with Crippen molar-refractivity contribution in [2.24, 2.45) is 0 Å². The van der Waals surface area contributed by atoms with Gasteiger partial charge in [0.25, 0.3) is 0 Å². The lowest BCUT2D eigenvalue weighted by atomic mass is 10.2. The number of morpholine rings is 1. The van der Waals surface area contributed by atoms with Gasteiger partial charge in [0.05, 0.1) is 32.8 Å². The first-order valence-electron chi connectivity index (χ1n) is 9.48. The first kappa shape index (κ1) is 18.6. The van der Waals surface area contributed by atoms with E-state index in [-0.39, 0.29) is 12.0 Å². The number of rotatable bonds is 7. The van der Waals surface area contributed by atoms with Gasteiger partial charge < -0.3 is 19.5 Å². The minimum atomic E-state index is -0.205. The Bertz CT molecular complexity index is 792. The molecule has 1 fully saturated rings. The molecule has 2 aromatic rings. The fourth-order valence-electron chi connectivity index (χ4n) is 3.16. The highest BCUT2D eigenvalue weighted by molar-refractivity contribution is 5.75. The van der Waals surface area contributed by atoms with E-state index in [0.717, 1.165) is 37.9 Å². The van der Waals surface area contributed by atoms with Crippen molar-refractivity contribution < 1.29 is 19.0 Å². The number of hydrogen-bond acceptors (Lipinski definition) is 8. The summed E-state index contributed by atoms with van der Waals surface area (Å²) in [5.74, 6) is 2.12. The fraction of sp³-hybridized carbons (Fsp3) is 0.556. The second kappa shape index (κ2) is 8.98. The van der Waals surface area contributed by atoms with Gasteiger partial charge in [-0.25, -0.2) is 4.68 Å². The molecule has 0 spiro atoms. The number of amides is 1. The molecule has 10 heteroatoms. The Kier molecular flexibility index (Phi) is 5.98. The molecule has 1 N–H and O–H groups in total. The summed E-state index contributed by atoms with van der Waals surface area (Å²) in [6.45, 7) is 5.06. The van der Waals surface area contributed by atoms with E-state index >= 15 is 0 Å². The number of nitrogens with one attached hydrogen (secondary N) is 1. The van der Waals surface area contributed by atoms with Crippen LogP contribution >= 0.6 is 0 Å². The van der Waals surface area contributed by atoms with Crippen LogP contribution in [0.1, 0.15) is 12.2 Å². The summed E-state index contributed by atoms with van der Waals surface area (Å²) in [6.07, 6.45) is 0.0921. The number of hydrogen-bond donors (Lipinski definition) is 1.